The summed E-state index contributed by atoms with van der Waals surface area (Å²) in [6, 6.07) is 11.0. The van der Waals surface area contributed by atoms with Crippen molar-refractivity contribution in [3.05, 3.63) is 67.0 Å². The Morgan fingerprint density at radius 1 is 1.28 bits per heavy atom. The molecule has 0 aliphatic rings. The van der Waals surface area contributed by atoms with Gasteiger partial charge in [0.2, 0.25) is 0 Å². The van der Waals surface area contributed by atoms with E-state index in [9.17, 15) is 4.79 Å². The molecule has 0 spiro atoms. The Morgan fingerprint density at radius 2 is 2.06 bits per heavy atom. The Hall–Kier alpha value is -1.38. The lowest BCUT2D eigenvalue weighted by Crippen LogP contribution is -2.20. The topological polar surface area (TPSA) is 45.8 Å². The Kier molecular flexibility index (Phi) is 4.00. The minimum atomic E-state index is -0.0967. The highest BCUT2D eigenvalue weighted by atomic mass is 79.9. The van der Waals surface area contributed by atoms with E-state index in [1.807, 2.05) is 12.1 Å². The number of hydrogen-bond acceptors (Lipinski definition) is 2. The van der Waals surface area contributed by atoms with Crippen molar-refractivity contribution in [2.75, 3.05) is 0 Å². The Balaban J connectivity index is 2.40. The van der Waals surface area contributed by atoms with Gasteiger partial charge in [-0.3, -0.25) is 4.79 Å². The van der Waals surface area contributed by atoms with Crippen molar-refractivity contribution in [3.63, 3.8) is 0 Å². The molecule has 18 heavy (non-hydrogen) atoms. The quantitative estimate of drug-likeness (QED) is 0.817. The molecular weight excluding hydrogens is 360 g/mol. The number of halogens is 2. The van der Waals surface area contributed by atoms with Crippen LogP contribution in [0.25, 0.3) is 0 Å². The highest BCUT2D eigenvalue weighted by Crippen LogP contribution is 2.14. The molecule has 0 fully saturated rings. The fourth-order valence-corrected chi connectivity index (χ4v) is 2.88. The van der Waals surface area contributed by atoms with Crippen LogP contribution in [-0.4, -0.2) is 4.57 Å². The Bertz CT molecular complexity index is 686. The summed E-state index contributed by atoms with van der Waals surface area (Å²) in [7, 11) is 0. The van der Waals surface area contributed by atoms with Crippen molar-refractivity contribution in [1.29, 1.82) is 5.26 Å². The molecule has 0 bridgehead atoms. The summed E-state index contributed by atoms with van der Waals surface area (Å²) in [6.45, 7) is 0.437. The molecule has 0 aliphatic heterocycles. The predicted octanol–water partition coefficient (Wildman–Crippen LogP) is 3.29. The summed E-state index contributed by atoms with van der Waals surface area (Å²) >= 11 is 6.57. The van der Waals surface area contributed by atoms with Crippen LogP contribution in [-0.2, 0) is 6.54 Å². The van der Waals surface area contributed by atoms with Gasteiger partial charge in [-0.05, 0) is 55.6 Å². The van der Waals surface area contributed by atoms with Gasteiger partial charge in [0.05, 0.1) is 22.7 Å². The molecule has 0 saturated carbocycles. The van der Waals surface area contributed by atoms with Gasteiger partial charge in [0.15, 0.2) is 0 Å². The van der Waals surface area contributed by atoms with E-state index >= 15 is 0 Å². The van der Waals surface area contributed by atoms with E-state index in [0.717, 1.165) is 10.0 Å². The Morgan fingerprint density at radius 3 is 2.78 bits per heavy atom. The van der Waals surface area contributed by atoms with Gasteiger partial charge in [-0.25, -0.2) is 0 Å². The molecule has 1 aromatic heterocycles. The molecular formula is C13H8Br2N2O. The van der Waals surface area contributed by atoms with Gasteiger partial charge < -0.3 is 4.57 Å². The van der Waals surface area contributed by atoms with Gasteiger partial charge in [0, 0.05) is 10.7 Å². The molecule has 0 unspecified atom stereocenters. The van der Waals surface area contributed by atoms with Crippen LogP contribution in [0.5, 0.6) is 0 Å². The molecule has 0 aliphatic carbocycles. The largest absolute Gasteiger partial charge is 0.309 e. The molecule has 2 rings (SSSR count). The molecule has 5 heteroatoms. The standard InChI is InChI=1S/C13H8Br2N2O/c14-11-5-12(15)13(18)17(8-11)7-10-3-1-2-9(4-10)6-16/h1-5,8H,7H2. The lowest BCUT2D eigenvalue weighted by molar-refractivity contribution is 0.751. The van der Waals surface area contributed by atoms with E-state index in [0.29, 0.717) is 16.6 Å². The molecule has 1 heterocycles. The number of benzene rings is 1. The van der Waals surface area contributed by atoms with Crippen LogP contribution >= 0.6 is 31.9 Å². The normalized spacial score (nSPS) is 10.1. The smallest absolute Gasteiger partial charge is 0.265 e. The van der Waals surface area contributed by atoms with Gasteiger partial charge in [-0.1, -0.05) is 12.1 Å². The molecule has 3 nitrogen and oxygen atoms in total. The highest BCUT2D eigenvalue weighted by Gasteiger charge is 2.04. The van der Waals surface area contributed by atoms with Crippen molar-refractivity contribution in [3.8, 4) is 6.07 Å². The minimum absolute atomic E-state index is 0.0967. The minimum Gasteiger partial charge on any atom is -0.309 e. The van der Waals surface area contributed by atoms with E-state index in [4.69, 9.17) is 5.26 Å². The maximum Gasteiger partial charge on any atom is 0.265 e. The fourth-order valence-electron chi connectivity index (χ4n) is 1.62. The van der Waals surface area contributed by atoms with Crippen LogP contribution in [0.15, 0.2) is 50.3 Å². The van der Waals surface area contributed by atoms with Crippen molar-refractivity contribution >= 4 is 31.9 Å². The average molecular weight is 368 g/mol. The van der Waals surface area contributed by atoms with Gasteiger partial charge >= 0.3 is 0 Å². The van der Waals surface area contributed by atoms with E-state index < -0.39 is 0 Å². The van der Waals surface area contributed by atoms with Gasteiger partial charge in [0.25, 0.3) is 5.56 Å². The maximum absolute atomic E-state index is 11.9. The summed E-state index contributed by atoms with van der Waals surface area (Å²) in [5.41, 5.74) is 1.41. The first-order valence-corrected chi connectivity index (χ1v) is 6.73. The van der Waals surface area contributed by atoms with Gasteiger partial charge in [-0.15, -0.1) is 0 Å². The second kappa shape index (κ2) is 5.51. The van der Waals surface area contributed by atoms with E-state index in [2.05, 4.69) is 37.9 Å². The number of hydrogen-bond donors (Lipinski definition) is 0. The predicted molar refractivity (Wildman–Crippen MR) is 76.4 cm³/mol. The van der Waals surface area contributed by atoms with Crippen LogP contribution in [0, 0.1) is 11.3 Å². The zero-order valence-corrected chi connectivity index (χ0v) is 12.4. The van der Waals surface area contributed by atoms with Gasteiger partial charge in [0.1, 0.15) is 0 Å². The number of rotatable bonds is 2. The van der Waals surface area contributed by atoms with Crippen molar-refractivity contribution in [1.82, 2.24) is 4.57 Å². The van der Waals surface area contributed by atoms with Gasteiger partial charge in [-0.2, -0.15) is 5.26 Å². The van der Waals surface area contributed by atoms with Crippen LogP contribution in [0.2, 0.25) is 0 Å². The van der Waals surface area contributed by atoms with Crippen molar-refractivity contribution in [2.24, 2.45) is 0 Å². The molecule has 0 N–H and O–H groups in total. The summed E-state index contributed by atoms with van der Waals surface area (Å²) in [6.07, 6.45) is 1.73. The molecule has 0 amide bonds. The average Bonchev–Trinajstić information content (AvgIpc) is 2.35. The van der Waals surface area contributed by atoms with Crippen molar-refractivity contribution < 1.29 is 0 Å². The summed E-state index contributed by atoms with van der Waals surface area (Å²) < 4.78 is 2.92. The van der Waals surface area contributed by atoms with E-state index in [1.54, 1.807) is 29.0 Å². The molecule has 0 saturated heterocycles. The lowest BCUT2D eigenvalue weighted by atomic mass is 10.1. The number of nitriles is 1. The lowest BCUT2D eigenvalue weighted by Gasteiger charge is -2.07. The monoisotopic (exact) mass is 366 g/mol. The summed E-state index contributed by atoms with van der Waals surface area (Å²) in [5.74, 6) is 0. The van der Waals surface area contributed by atoms with Crippen molar-refractivity contribution in [2.45, 2.75) is 6.54 Å². The fraction of sp³-hybridized carbons (Fsp3) is 0.0769. The molecule has 0 atom stereocenters. The first-order chi connectivity index (χ1) is 8.60. The zero-order chi connectivity index (χ0) is 13.1. The van der Waals surface area contributed by atoms with Crippen LogP contribution in [0.3, 0.4) is 0 Å². The van der Waals surface area contributed by atoms with Crippen LogP contribution in [0.4, 0.5) is 0 Å². The second-order valence-corrected chi connectivity index (χ2v) is 5.52. The number of aromatic nitrogens is 1. The zero-order valence-electron chi connectivity index (χ0n) is 9.23. The first-order valence-electron chi connectivity index (χ1n) is 5.14. The number of pyridine rings is 1. The summed E-state index contributed by atoms with van der Waals surface area (Å²) in [4.78, 5) is 11.9. The first kappa shape index (κ1) is 13.1. The molecule has 2 aromatic rings. The number of nitrogens with zero attached hydrogens (tertiary/aromatic N) is 2. The SMILES string of the molecule is N#Cc1cccc(Cn2cc(Br)cc(Br)c2=O)c1. The van der Waals surface area contributed by atoms with E-state index in [1.165, 1.54) is 0 Å². The van der Waals surface area contributed by atoms with Crippen LogP contribution < -0.4 is 5.56 Å². The third-order valence-corrected chi connectivity index (χ3v) is 3.42. The third-order valence-electron chi connectivity index (χ3n) is 2.42. The summed E-state index contributed by atoms with van der Waals surface area (Å²) in [5, 5.41) is 8.84. The Labute approximate surface area is 121 Å². The third kappa shape index (κ3) is 2.89. The molecule has 0 radical (unpaired) electrons. The highest BCUT2D eigenvalue weighted by molar-refractivity contribution is 9.11. The second-order valence-electron chi connectivity index (χ2n) is 3.75. The van der Waals surface area contributed by atoms with E-state index in [-0.39, 0.29) is 5.56 Å². The molecule has 90 valence electrons. The van der Waals surface area contributed by atoms with Crippen LogP contribution in [0.1, 0.15) is 11.1 Å². The maximum atomic E-state index is 11.9. The molecule has 1 aromatic carbocycles.